The lowest BCUT2D eigenvalue weighted by atomic mass is 10.2. The monoisotopic (exact) mass is 397 g/mol. The minimum Gasteiger partial charge on any atom is -0.369 e. The van der Waals surface area contributed by atoms with Crippen LogP contribution in [0, 0.1) is 10.1 Å². The number of nitro benzene ring substituents is 1. The van der Waals surface area contributed by atoms with E-state index < -0.39 is 10.8 Å². The number of para-hydroxylation sites is 2. The Hall–Kier alpha value is -3.46. The van der Waals surface area contributed by atoms with Crippen LogP contribution in [0.25, 0.3) is 0 Å². The van der Waals surface area contributed by atoms with E-state index in [1.165, 1.54) is 30.0 Å². The number of nitrogens with zero attached hydrogens (tertiary/aromatic N) is 3. The van der Waals surface area contributed by atoms with Crippen molar-refractivity contribution in [2.24, 2.45) is 0 Å². The van der Waals surface area contributed by atoms with Crippen LogP contribution in [0.4, 0.5) is 11.4 Å². The molecule has 0 bridgehead atoms. The molecule has 1 aliphatic rings. The molecule has 1 fully saturated rings. The molecule has 0 aromatic heterocycles. The largest absolute Gasteiger partial charge is 0.369 e. The van der Waals surface area contributed by atoms with E-state index >= 15 is 0 Å². The van der Waals surface area contributed by atoms with E-state index in [0.717, 1.165) is 26.2 Å². The Morgan fingerprint density at radius 2 is 1.59 bits per heavy atom. The van der Waals surface area contributed by atoms with Crippen LogP contribution in [0.2, 0.25) is 0 Å². The number of amides is 2. The molecule has 2 aromatic rings. The van der Waals surface area contributed by atoms with Crippen LogP contribution in [-0.4, -0.2) is 54.4 Å². The van der Waals surface area contributed by atoms with Crippen molar-refractivity contribution in [2.75, 3.05) is 37.6 Å². The molecule has 2 amide bonds. The molecule has 0 saturated carbocycles. The molecule has 1 aliphatic heterocycles. The molecule has 0 aliphatic carbocycles. The van der Waals surface area contributed by atoms with Gasteiger partial charge in [-0.05, 0) is 18.2 Å². The number of hydrogen-bond acceptors (Lipinski definition) is 6. The predicted molar refractivity (Wildman–Crippen MR) is 108 cm³/mol. The smallest absolute Gasteiger partial charge is 0.282 e. The minimum absolute atomic E-state index is 0.102. The lowest BCUT2D eigenvalue weighted by Crippen LogP contribution is -2.48. The fourth-order valence-corrected chi connectivity index (χ4v) is 3.21. The number of carbonyl (C=O) groups is 2. The number of nitrogens with one attached hydrogen (secondary N) is 2. The van der Waals surface area contributed by atoms with Crippen LogP contribution < -0.4 is 15.8 Å². The molecule has 0 radical (unpaired) electrons. The van der Waals surface area contributed by atoms with E-state index in [1.807, 2.05) is 18.2 Å². The number of hydrogen-bond donors (Lipinski definition) is 2. The fraction of sp³-hybridized carbons (Fsp3) is 0.300. The summed E-state index contributed by atoms with van der Waals surface area (Å²) in [4.78, 5) is 39.0. The Morgan fingerprint density at radius 3 is 2.28 bits per heavy atom. The van der Waals surface area contributed by atoms with E-state index in [2.05, 4.69) is 32.8 Å². The summed E-state index contributed by atoms with van der Waals surface area (Å²) in [5.74, 6) is -1.07. The number of carbonyl (C=O) groups excluding carboxylic acids is 2. The summed E-state index contributed by atoms with van der Waals surface area (Å²) >= 11 is 0. The second-order valence-corrected chi connectivity index (χ2v) is 6.69. The molecular formula is C20H23N5O4. The highest BCUT2D eigenvalue weighted by Crippen LogP contribution is 2.17. The quantitative estimate of drug-likeness (QED) is 0.566. The number of hydrazine groups is 1. The predicted octanol–water partition coefficient (Wildman–Crippen LogP) is 1.57. The zero-order valence-corrected chi connectivity index (χ0v) is 15.9. The highest BCUT2D eigenvalue weighted by molar-refractivity contribution is 5.98. The Bertz CT molecular complexity index is 866. The third-order valence-electron chi connectivity index (χ3n) is 4.81. The van der Waals surface area contributed by atoms with E-state index in [9.17, 15) is 19.7 Å². The number of anilines is 1. The van der Waals surface area contributed by atoms with E-state index in [1.54, 1.807) is 0 Å². The number of rotatable bonds is 6. The number of nitro groups is 1. The summed E-state index contributed by atoms with van der Waals surface area (Å²) in [6.45, 7) is 4.06. The molecule has 1 heterocycles. The summed E-state index contributed by atoms with van der Waals surface area (Å²) in [5, 5.41) is 11.0. The Kier molecular flexibility index (Phi) is 6.75. The van der Waals surface area contributed by atoms with Gasteiger partial charge >= 0.3 is 0 Å². The van der Waals surface area contributed by atoms with Gasteiger partial charge in [0, 0.05) is 50.9 Å². The first-order valence-electron chi connectivity index (χ1n) is 9.39. The number of benzene rings is 2. The lowest BCUT2D eigenvalue weighted by molar-refractivity contribution is -0.385. The molecule has 3 rings (SSSR count). The molecule has 0 unspecified atom stereocenters. The van der Waals surface area contributed by atoms with Crippen LogP contribution in [0.15, 0.2) is 54.6 Å². The molecule has 9 heteroatoms. The van der Waals surface area contributed by atoms with Crippen molar-refractivity contribution in [1.29, 1.82) is 0 Å². The van der Waals surface area contributed by atoms with Gasteiger partial charge in [-0.2, -0.15) is 0 Å². The molecule has 0 atom stereocenters. The maximum absolute atomic E-state index is 12.1. The van der Waals surface area contributed by atoms with Crippen molar-refractivity contribution >= 4 is 23.2 Å². The molecule has 2 N–H and O–H groups in total. The van der Waals surface area contributed by atoms with Crippen LogP contribution >= 0.6 is 0 Å². The first-order chi connectivity index (χ1) is 14.0. The van der Waals surface area contributed by atoms with Gasteiger partial charge in [-0.1, -0.05) is 30.3 Å². The Labute approximate surface area is 168 Å². The molecule has 2 aromatic carbocycles. The summed E-state index contributed by atoms with van der Waals surface area (Å²) in [6, 6.07) is 15.8. The van der Waals surface area contributed by atoms with Gasteiger partial charge in [-0.3, -0.25) is 35.5 Å². The number of piperazine rings is 1. The standard InChI is InChI=1S/C20H23N5O4/c26-19(21-22-20(27)17-8-4-5-9-18(17)25(28)29)10-11-23-12-14-24(15-13-23)16-6-2-1-3-7-16/h1-9H,10-15H2,(H,21,26)(H,22,27). The lowest BCUT2D eigenvalue weighted by Gasteiger charge is -2.36. The van der Waals surface area contributed by atoms with Gasteiger partial charge in [0.25, 0.3) is 11.6 Å². The van der Waals surface area contributed by atoms with Crippen molar-refractivity contribution in [1.82, 2.24) is 15.8 Å². The van der Waals surface area contributed by atoms with Gasteiger partial charge in [0.15, 0.2) is 0 Å². The second kappa shape index (κ2) is 9.65. The summed E-state index contributed by atoms with van der Waals surface area (Å²) in [6.07, 6.45) is 0.225. The summed E-state index contributed by atoms with van der Waals surface area (Å²) in [5.41, 5.74) is 5.35. The molecule has 152 valence electrons. The highest BCUT2D eigenvalue weighted by atomic mass is 16.6. The zero-order valence-electron chi connectivity index (χ0n) is 15.9. The van der Waals surface area contributed by atoms with E-state index in [4.69, 9.17) is 0 Å². The first-order valence-corrected chi connectivity index (χ1v) is 9.39. The van der Waals surface area contributed by atoms with Crippen molar-refractivity contribution < 1.29 is 14.5 Å². The van der Waals surface area contributed by atoms with Crippen LogP contribution in [0.1, 0.15) is 16.8 Å². The molecular weight excluding hydrogens is 374 g/mol. The van der Waals surface area contributed by atoms with Gasteiger partial charge in [-0.25, -0.2) is 0 Å². The third-order valence-corrected chi connectivity index (χ3v) is 4.81. The van der Waals surface area contributed by atoms with Gasteiger partial charge < -0.3 is 4.90 Å². The maximum atomic E-state index is 12.1. The molecule has 0 spiro atoms. The fourth-order valence-electron chi connectivity index (χ4n) is 3.21. The minimum atomic E-state index is -0.720. The van der Waals surface area contributed by atoms with Crippen molar-refractivity contribution in [3.63, 3.8) is 0 Å². The molecule has 1 saturated heterocycles. The molecule has 29 heavy (non-hydrogen) atoms. The molecule has 9 nitrogen and oxygen atoms in total. The Morgan fingerprint density at radius 1 is 0.931 bits per heavy atom. The van der Waals surface area contributed by atoms with Gasteiger partial charge in [0.2, 0.25) is 5.91 Å². The zero-order chi connectivity index (χ0) is 20.6. The van der Waals surface area contributed by atoms with Gasteiger partial charge in [-0.15, -0.1) is 0 Å². The van der Waals surface area contributed by atoms with Crippen LogP contribution in [0.3, 0.4) is 0 Å². The SMILES string of the molecule is O=C(CCN1CCN(c2ccccc2)CC1)NNC(=O)c1ccccc1[N+](=O)[O-]. The topological polar surface area (TPSA) is 108 Å². The van der Waals surface area contributed by atoms with E-state index in [-0.39, 0.29) is 23.6 Å². The van der Waals surface area contributed by atoms with Crippen molar-refractivity contribution in [2.45, 2.75) is 6.42 Å². The van der Waals surface area contributed by atoms with E-state index in [0.29, 0.717) is 6.54 Å². The average Bonchev–Trinajstić information content (AvgIpc) is 2.77. The second-order valence-electron chi connectivity index (χ2n) is 6.69. The van der Waals surface area contributed by atoms with Crippen LogP contribution in [0.5, 0.6) is 0 Å². The highest BCUT2D eigenvalue weighted by Gasteiger charge is 2.20. The summed E-state index contributed by atoms with van der Waals surface area (Å²) in [7, 11) is 0. The van der Waals surface area contributed by atoms with Crippen LogP contribution in [-0.2, 0) is 4.79 Å². The third kappa shape index (κ3) is 5.52. The first kappa shape index (κ1) is 20.3. The maximum Gasteiger partial charge on any atom is 0.282 e. The average molecular weight is 397 g/mol. The Balaban J connectivity index is 1.40. The van der Waals surface area contributed by atoms with Gasteiger partial charge in [0.05, 0.1) is 4.92 Å². The normalized spacial score (nSPS) is 14.3. The van der Waals surface area contributed by atoms with Gasteiger partial charge in [0.1, 0.15) is 5.56 Å². The summed E-state index contributed by atoms with van der Waals surface area (Å²) < 4.78 is 0. The van der Waals surface area contributed by atoms with Crippen molar-refractivity contribution in [3.05, 3.63) is 70.3 Å². The van der Waals surface area contributed by atoms with Crippen molar-refractivity contribution in [3.8, 4) is 0 Å².